The van der Waals surface area contributed by atoms with E-state index >= 15 is 0 Å². The number of carbonyl (C=O) groups excluding carboxylic acids is 1. The third-order valence-electron chi connectivity index (χ3n) is 4.06. The van der Waals surface area contributed by atoms with E-state index in [9.17, 15) is 4.79 Å². The standard InChI is InChI=1S/C16H25N5O2/c1-16(2,3)23-15(22)21-8-6-20(7-9-21)14-10-12-11-17-5-4-13(12)18-19-14/h10,17H,4-9,11H2,1-3H3. The van der Waals surface area contributed by atoms with Crippen molar-refractivity contribution in [1.29, 1.82) is 0 Å². The molecule has 1 amide bonds. The van der Waals surface area contributed by atoms with Crippen LogP contribution in [0.25, 0.3) is 0 Å². The quantitative estimate of drug-likeness (QED) is 0.838. The lowest BCUT2D eigenvalue weighted by atomic mass is 10.1. The first kappa shape index (κ1) is 16.0. The minimum absolute atomic E-state index is 0.238. The van der Waals surface area contributed by atoms with Crippen LogP contribution in [-0.4, -0.2) is 59.5 Å². The molecular weight excluding hydrogens is 294 g/mol. The fourth-order valence-electron chi connectivity index (χ4n) is 2.84. The fraction of sp³-hybridized carbons (Fsp3) is 0.688. The van der Waals surface area contributed by atoms with Gasteiger partial charge in [-0.15, -0.1) is 5.10 Å². The zero-order valence-electron chi connectivity index (χ0n) is 14.1. The number of amides is 1. The van der Waals surface area contributed by atoms with E-state index in [1.165, 1.54) is 5.56 Å². The van der Waals surface area contributed by atoms with Crippen molar-refractivity contribution in [3.63, 3.8) is 0 Å². The predicted molar refractivity (Wildman–Crippen MR) is 87.5 cm³/mol. The predicted octanol–water partition coefficient (Wildman–Crippen LogP) is 1.18. The fourth-order valence-corrected chi connectivity index (χ4v) is 2.84. The second-order valence-electron chi connectivity index (χ2n) is 7.06. The molecule has 1 N–H and O–H groups in total. The van der Waals surface area contributed by atoms with Gasteiger partial charge in [0.05, 0.1) is 5.69 Å². The number of ether oxygens (including phenoxy) is 1. The first-order chi connectivity index (χ1) is 10.9. The molecule has 0 atom stereocenters. The zero-order valence-corrected chi connectivity index (χ0v) is 14.1. The number of fused-ring (bicyclic) bond motifs is 1. The van der Waals surface area contributed by atoms with Crippen LogP contribution in [0.1, 0.15) is 32.0 Å². The van der Waals surface area contributed by atoms with Gasteiger partial charge in [-0.25, -0.2) is 4.79 Å². The van der Waals surface area contributed by atoms with Crippen LogP contribution in [0, 0.1) is 0 Å². The van der Waals surface area contributed by atoms with E-state index in [1.54, 1.807) is 4.90 Å². The summed E-state index contributed by atoms with van der Waals surface area (Å²) in [7, 11) is 0. The van der Waals surface area contributed by atoms with Gasteiger partial charge >= 0.3 is 6.09 Å². The molecule has 0 aromatic carbocycles. The Kier molecular flexibility index (Phi) is 4.39. The molecule has 0 radical (unpaired) electrons. The van der Waals surface area contributed by atoms with Gasteiger partial charge in [-0.2, -0.15) is 5.10 Å². The molecule has 1 fully saturated rings. The van der Waals surface area contributed by atoms with Crippen molar-refractivity contribution in [2.24, 2.45) is 0 Å². The van der Waals surface area contributed by atoms with E-state index in [1.807, 2.05) is 20.8 Å². The third kappa shape index (κ3) is 3.90. The number of anilines is 1. The van der Waals surface area contributed by atoms with Crippen LogP contribution in [0.4, 0.5) is 10.6 Å². The molecule has 0 bridgehead atoms. The van der Waals surface area contributed by atoms with Crippen LogP contribution < -0.4 is 10.2 Å². The number of nitrogens with zero attached hydrogens (tertiary/aromatic N) is 4. The van der Waals surface area contributed by atoms with E-state index in [0.29, 0.717) is 13.1 Å². The van der Waals surface area contributed by atoms with Crippen LogP contribution >= 0.6 is 0 Å². The molecular formula is C16H25N5O2. The molecule has 0 unspecified atom stereocenters. The van der Waals surface area contributed by atoms with Gasteiger partial charge in [0.2, 0.25) is 0 Å². The zero-order chi connectivity index (χ0) is 16.4. The van der Waals surface area contributed by atoms with Gasteiger partial charge in [-0.1, -0.05) is 0 Å². The molecule has 0 spiro atoms. The lowest BCUT2D eigenvalue weighted by Crippen LogP contribution is -2.50. The minimum Gasteiger partial charge on any atom is -0.444 e. The Morgan fingerprint density at radius 2 is 1.96 bits per heavy atom. The van der Waals surface area contributed by atoms with Crippen LogP contribution in [0.15, 0.2) is 6.07 Å². The average molecular weight is 319 g/mol. The summed E-state index contributed by atoms with van der Waals surface area (Å²) in [5, 5.41) is 12.1. The van der Waals surface area contributed by atoms with Crippen LogP contribution in [-0.2, 0) is 17.7 Å². The van der Waals surface area contributed by atoms with E-state index in [0.717, 1.165) is 44.1 Å². The third-order valence-corrected chi connectivity index (χ3v) is 4.06. The molecule has 1 saturated heterocycles. The van der Waals surface area contributed by atoms with Gasteiger partial charge in [0.15, 0.2) is 5.82 Å². The number of nitrogens with one attached hydrogen (secondary N) is 1. The largest absolute Gasteiger partial charge is 0.444 e. The number of carbonyl (C=O) groups is 1. The van der Waals surface area contributed by atoms with Crippen molar-refractivity contribution in [1.82, 2.24) is 20.4 Å². The summed E-state index contributed by atoms with van der Waals surface area (Å²) in [6.07, 6.45) is 0.701. The SMILES string of the molecule is CC(C)(C)OC(=O)N1CCN(c2cc3c(nn2)CCNC3)CC1. The maximum Gasteiger partial charge on any atom is 0.410 e. The number of hydrogen-bond donors (Lipinski definition) is 1. The maximum absolute atomic E-state index is 12.1. The van der Waals surface area contributed by atoms with E-state index in [2.05, 4.69) is 26.5 Å². The highest BCUT2D eigenvalue weighted by Crippen LogP contribution is 2.19. The second kappa shape index (κ2) is 6.31. The number of aromatic nitrogens is 2. The van der Waals surface area contributed by atoms with Crippen molar-refractivity contribution in [2.75, 3.05) is 37.6 Å². The Morgan fingerprint density at radius 1 is 1.22 bits per heavy atom. The first-order valence-electron chi connectivity index (χ1n) is 8.21. The molecule has 2 aliphatic rings. The second-order valence-corrected chi connectivity index (χ2v) is 7.06. The molecule has 1 aromatic rings. The van der Waals surface area contributed by atoms with Crippen LogP contribution in [0.3, 0.4) is 0 Å². The Balaban J connectivity index is 1.60. The molecule has 2 aliphatic heterocycles. The lowest BCUT2D eigenvalue weighted by Gasteiger charge is -2.36. The topological polar surface area (TPSA) is 70.6 Å². The van der Waals surface area contributed by atoms with Gasteiger partial charge in [-0.05, 0) is 32.4 Å². The van der Waals surface area contributed by atoms with Crippen LogP contribution in [0.5, 0.6) is 0 Å². The molecule has 0 saturated carbocycles. The van der Waals surface area contributed by atoms with E-state index < -0.39 is 5.60 Å². The molecule has 23 heavy (non-hydrogen) atoms. The van der Waals surface area contributed by atoms with Crippen molar-refractivity contribution in [2.45, 2.75) is 39.3 Å². The Labute approximate surface area is 137 Å². The van der Waals surface area contributed by atoms with E-state index in [-0.39, 0.29) is 6.09 Å². The summed E-state index contributed by atoms with van der Waals surface area (Å²) < 4.78 is 5.42. The average Bonchev–Trinajstić information content (AvgIpc) is 2.53. The molecule has 1 aromatic heterocycles. The van der Waals surface area contributed by atoms with Gasteiger partial charge in [0, 0.05) is 45.7 Å². The normalized spacial score (nSPS) is 18.6. The summed E-state index contributed by atoms with van der Waals surface area (Å²) in [5.41, 5.74) is 1.88. The highest BCUT2D eigenvalue weighted by Gasteiger charge is 2.26. The molecule has 7 heteroatoms. The molecule has 3 heterocycles. The Morgan fingerprint density at radius 3 is 2.65 bits per heavy atom. The summed E-state index contributed by atoms with van der Waals surface area (Å²) >= 11 is 0. The van der Waals surface area contributed by atoms with Gasteiger partial charge in [-0.3, -0.25) is 0 Å². The van der Waals surface area contributed by atoms with Gasteiger partial charge in [0.1, 0.15) is 5.60 Å². The van der Waals surface area contributed by atoms with Gasteiger partial charge < -0.3 is 19.9 Å². The number of hydrogen-bond acceptors (Lipinski definition) is 6. The van der Waals surface area contributed by atoms with Crippen molar-refractivity contribution in [3.8, 4) is 0 Å². The van der Waals surface area contributed by atoms with Crippen molar-refractivity contribution in [3.05, 3.63) is 17.3 Å². The monoisotopic (exact) mass is 319 g/mol. The minimum atomic E-state index is -0.453. The molecule has 3 rings (SSSR count). The molecule has 7 nitrogen and oxygen atoms in total. The Bertz CT molecular complexity index is 576. The van der Waals surface area contributed by atoms with Gasteiger partial charge in [0.25, 0.3) is 0 Å². The first-order valence-corrected chi connectivity index (χ1v) is 8.21. The number of rotatable bonds is 1. The molecule has 126 valence electrons. The Hall–Kier alpha value is -1.89. The summed E-state index contributed by atoms with van der Waals surface area (Å²) in [6.45, 7) is 10.3. The highest BCUT2D eigenvalue weighted by molar-refractivity contribution is 5.68. The lowest BCUT2D eigenvalue weighted by molar-refractivity contribution is 0.0240. The molecule has 0 aliphatic carbocycles. The van der Waals surface area contributed by atoms with Crippen molar-refractivity contribution < 1.29 is 9.53 Å². The van der Waals surface area contributed by atoms with Crippen molar-refractivity contribution >= 4 is 11.9 Å². The smallest absolute Gasteiger partial charge is 0.410 e. The van der Waals surface area contributed by atoms with Crippen LogP contribution in [0.2, 0.25) is 0 Å². The summed E-state index contributed by atoms with van der Waals surface area (Å²) in [5.74, 6) is 0.899. The maximum atomic E-state index is 12.1. The summed E-state index contributed by atoms with van der Waals surface area (Å²) in [4.78, 5) is 16.0. The highest BCUT2D eigenvalue weighted by atomic mass is 16.6. The summed E-state index contributed by atoms with van der Waals surface area (Å²) in [6, 6.07) is 2.12. The number of piperazine rings is 1. The van der Waals surface area contributed by atoms with E-state index in [4.69, 9.17) is 4.74 Å².